The van der Waals surface area contributed by atoms with Crippen LogP contribution in [0.25, 0.3) is 21.9 Å². The molecule has 4 N–H and O–H groups in total. The third kappa shape index (κ3) is 4.14. The molecule has 2 aliphatic heterocycles. The van der Waals surface area contributed by atoms with E-state index in [2.05, 4.69) is 15.3 Å². The molecule has 0 spiro atoms. The number of nitrogens with zero attached hydrogens (tertiary/aromatic N) is 4. The van der Waals surface area contributed by atoms with Crippen molar-refractivity contribution in [2.75, 3.05) is 42.2 Å². The Morgan fingerprint density at radius 1 is 1.24 bits per heavy atom. The van der Waals surface area contributed by atoms with E-state index in [1.165, 1.54) is 22.8 Å². The number of halogens is 2. The second-order valence-electron chi connectivity index (χ2n) is 9.54. The van der Waals surface area contributed by atoms with Gasteiger partial charge in [-0.25, -0.2) is 27.6 Å². The highest BCUT2D eigenvalue weighted by molar-refractivity contribution is 7.90. The topological polar surface area (TPSA) is 151 Å². The van der Waals surface area contributed by atoms with Crippen molar-refractivity contribution in [3.8, 4) is 17.0 Å². The fraction of sp³-hybridized carbons (Fsp3) is 0.375. The molecule has 0 radical (unpaired) electrons. The normalized spacial score (nSPS) is 17.5. The van der Waals surface area contributed by atoms with Crippen LogP contribution in [0.4, 0.5) is 26.4 Å². The van der Waals surface area contributed by atoms with Gasteiger partial charge in [-0.05, 0) is 42.8 Å². The number of carboxylic acid groups (broad SMARTS) is 1. The van der Waals surface area contributed by atoms with Crippen molar-refractivity contribution in [3.63, 3.8) is 0 Å². The zero-order chi connectivity index (χ0) is 26.1. The van der Waals surface area contributed by atoms with E-state index in [1.807, 2.05) is 6.92 Å². The van der Waals surface area contributed by atoms with Gasteiger partial charge < -0.3 is 20.9 Å². The summed E-state index contributed by atoms with van der Waals surface area (Å²) < 4.78 is 47.2. The second kappa shape index (κ2) is 9.40. The Balaban J connectivity index is 0.00000294. The number of nitrogen functional groups attached to an aromatic ring is 1. The lowest BCUT2D eigenvalue weighted by atomic mass is 9.97. The van der Waals surface area contributed by atoms with E-state index >= 15 is 4.39 Å². The molecule has 0 atom stereocenters. The Morgan fingerprint density at radius 2 is 1.97 bits per heavy atom. The lowest BCUT2D eigenvalue weighted by Gasteiger charge is -2.42. The zero-order valence-corrected chi connectivity index (χ0v) is 22.0. The van der Waals surface area contributed by atoms with Crippen molar-refractivity contribution >= 4 is 56.5 Å². The van der Waals surface area contributed by atoms with E-state index in [0.717, 1.165) is 10.5 Å². The van der Waals surface area contributed by atoms with E-state index in [0.29, 0.717) is 53.9 Å². The summed E-state index contributed by atoms with van der Waals surface area (Å²) >= 11 is 0. The van der Waals surface area contributed by atoms with Gasteiger partial charge in [0, 0.05) is 48.5 Å². The van der Waals surface area contributed by atoms with E-state index in [9.17, 15) is 18.3 Å². The van der Waals surface area contributed by atoms with Crippen LogP contribution in [-0.4, -0.2) is 71.4 Å². The minimum Gasteiger partial charge on any atom is -0.474 e. The average molecular weight is 565 g/mol. The Morgan fingerprint density at radius 3 is 2.66 bits per heavy atom. The molecule has 2 fully saturated rings. The van der Waals surface area contributed by atoms with Gasteiger partial charge in [0.15, 0.2) is 5.82 Å². The average Bonchev–Trinajstić information content (AvgIpc) is 3.70. The lowest BCUT2D eigenvalue weighted by Crippen LogP contribution is -2.63. The van der Waals surface area contributed by atoms with Gasteiger partial charge in [0.05, 0.1) is 17.0 Å². The molecule has 38 heavy (non-hydrogen) atoms. The summed E-state index contributed by atoms with van der Waals surface area (Å²) in [5.74, 6) is -0.0667. The minimum atomic E-state index is -3.38. The fourth-order valence-corrected chi connectivity index (χ4v) is 6.83. The number of hydrogen-bond donors (Lipinski definition) is 3. The van der Waals surface area contributed by atoms with Crippen molar-refractivity contribution in [2.24, 2.45) is 0 Å². The fourth-order valence-electron chi connectivity index (χ4n) is 4.91. The molecular weight excluding hydrogens is 539 g/mol. The molecule has 1 aromatic carbocycles. The van der Waals surface area contributed by atoms with Crippen molar-refractivity contribution < 1.29 is 27.4 Å². The molecule has 6 rings (SSSR count). The van der Waals surface area contributed by atoms with Gasteiger partial charge in [-0.1, -0.05) is 0 Å². The molecule has 11 nitrogen and oxygen atoms in total. The van der Waals surface area contributed by atoms with Crippen molar-refractivity contribution in [1.29, 1.82) is 0 Å². The van der Waals surface area contributed by atoms with Crippen LogP contribution in [0.15, 0.2) is 24.5 Å². The molecule has 1 amide bonds. The number of aromatic nitrogens is 2. The Labute approximate surface area is 224 Å². The van der Waals surface area contributed by atoms with Gasteiger partial charge in [-0.15, -0.1) is 12.4 Å². The van der Waals surface area contributed by atoms with Crippen LogP contribution in [-0.2, 0) is 10.0 Å². The summed E-state index contributed by atoms with van der Waals surface area (Å²) in [6.07, 6.45) is 2.89. The summed E-state index contributed by atoms with van der Waals surface area (Å²) in [4.78, 5) is 21.8. The third-order valence-corrected chi connectivity index (χ3v) is 9.51. The SMILES string of the molecule is Cc1c(-c2cc3cc(N(C(=O)O)C4CN(S(=O)(=O)C5CC5)C4)ncc3c(N)c2F)cnc2c1NCCO2.Cl. The van der Waals surface area contributed by atoms with Crippen LogP contribution in [0.5, 0.6) is 5.88 Å². The number of anilines is 3. The van der Waals surface area contributed by atoms with Gasteiger partial charge in [0.25, 0.3) is 0 Å². The highest BCUT2D eigenvalue weighted by Crippen LogP contribution is 2.40. The highest BCUT2D eigenvalue weighted by atomic mass is 35.5. The molecule has 1 saturated heterocycles. The first-order chi connectivity index (χ1) is 17.7. The van der Waals surface area contributed by atoms with Gasteiger partial charge >= 0.3 is 6.09 Å². The number of nitrogens with one attached hydrogen (secondary N) is 1. The number of carbonyl (C=O) groups is 1. The molecule has 0 bridgehead atoms. The van der Waals surface area contributed by atoms with E-state index < -0.39 is 28.0 Å². The summed E-state index contributed by atoms with van der Waals surface area (Å²) in [6, 6.07) is 2.55. The monoisotopic (exact) mass is 564 g/mol. The zero-order valence-electron chi connectivity index (χ0n) is 20.3. The quantitative estimate of drug-likeness (QED) is 0.397. The first-order valence-corrected chi connectivity index (χ1v) is 13.4. The van der Waals surface area contributed by atoms with Gasteiger partial charge in [0.2, 0.25) is 15.9 Å². The third-order valence-electron chi connectivity index (χ3n) is 7.17. The molecule has 0 unspecified atom stereocenters. The van der Waals surface area contributed by atoms with E-state index in [4.69, 9.17) is 10.5 Å². The summed E-state index contributed by atoms with van der Waals surface area (Å²) in [7, 11) is -3.38. The first kappa shape index (κ1) is 26.2. The predicted octanol–water partition coefficient (Wildman–Crippen LogP) is 3.21. The van der Waals surface area contributed by atoms with Crippen molar-refractivity contribution in [3.05, 3.63) is 35.9 Å². The molecule has 2 aromatic heterocycles. The second-order valence-corrected chi connectivity index (χ2v) is 11.7. The lowest BCUT2D eigenvalue weighted by molar-refractivity contribution is 0.184. The number of nitrogens with two attached hydrogens (primary N) is 1. The van der Waals surface area contributed by atoms with Gasteiger partial charge in [-0.3, -0.25) is 4.90 Å². The van der Waals surface area contributed by atoms with Gasteiger partial charge in [0.1, 0.15) is 18.1 Å². The van der Waals surface area contributed by atoms with Crippen LogP contribution in [0.1, 0.15) is 18.4 Å². The number of fused-ring (bicyclic) bond motifs is 2. The first-order valence-electron chi connectivity index (χ1n) is 11.9. The van der Waals surface area contributed by atoms with E-state index in [-0.39, 0.29) is 47.8 Å². The molecular formula is C24H26ClFN6O5S. The molecule has 1 aliphatic carbocycles. The predicted molar refractivity (Wildman–Crippen MR) is 143 cm³/mol. The smallest absolute Gasteiger partial charge is 0.413 e. The van der Waals surface area contributed by atoms with Crippen LogP contribution in [0.2, 0.25) is 0 Å². The van der Waals surface area contributed by atoms with Crippen molar-refractivity contribution in [2.45, 2.75) is 31.1 Å². The van der Waals surface area contributed by atoms with Crippen LogP contribution < -0.4 is 20.7 Å². The molecule has 202 valence electrons. The summed E-state index contributed by atoms with van der Waals surface area (Å²) in [6.45, 7) is 3.05. The summed E-state index contributed by atoms with van der Waals surface area (Å²) in [5, 5.41) is 13.6. The number of amides is 1. The Kier molecular flexibility index (Phi) is 6.48. The molecule has 3 aromatic rings. The molecule has 4 heterocycles. The standard InChI is InChI=1S/C24H25FN6O5S.ClH/c1-12-17(8-29-23-22(12)27-4-5-36-23)16-6-13-7-19(28-9-18(13)21(26)20(16)25)31(24(32)33)14-10-30(11-14)37(34,35)15-2-3-15;/h6-9,14-15,27H,2-5,10-11,26H2,1H3,(H,32,33);1H. The number of pyridine rings is 2. The van der Waals surface area contributed by atoms with Crippen LogP contribution in [0, 0.1) is 12.7 Å². The number of benzene rings is 1. The maximum atomic E-state index is 15.4. The Bertz CT molecular complexity index is 1560. The maximum Gasteiger partial charge on any atom is 0.413 e. The Hall–Kier alpha value is -3.42. The number of sulfonamides is 1. The van der Waals surface area contributed by atoms with Crippen LogP contribution >= 0.6 is 12.4 Å². The summed E-state index contributed by atoms with van der Waals surface area (Å²) in [5.41, 5.74) is 8.21. The van der Waals surface area contributed by atoms with Crippen molar-refractivity contribution in [1.82, 2.24) is 14.3 Å². The molecule has 3 aliphatic rings. The number of hydrogen-bond acceptors (Lipinski definition) is 8. The minimum absolute atomic E-state index is 0. The van der Waals surface area contributed by atoms with E-state index in [1.54, 1.807) is 6.07 Å². The maximum absolute atomic E-state index is 15.4. The number of rotatable bonds is 5. The van der Waals surface area contributed by atoms with Gasteiger partial charge in [-0.2, -0.15) is 4.31 Å². The largest absolute Gasteiger partial charge is 0.474 e. The number of ether oxygens (including phenoxy) is 1. The highest BCUT2D eigenvalue weighted by Gasteiger charge is 2.48. The molecule has 14 heteroatoms. The molecule has 1 saturated carbocycles. The van der Waals surface area contributed by atoms with Crippen LogP contribution in [0.3, 0.4) is 0 Å².